The molecular weight excluding hydrogens is 300 g/mol. The molecule has 0 bridgehead atoms. The van der Waals surface area contributed by atoms with Crippen molar-refractivity contribution in [3.63, 3.8) is 0 Å². The number of halogens is 3. The predicted molar refractivity (Wildman–Crippen MR) is 69.8 cm³/mol. The highest BCUT2D eigenvalue weighted by Gasteiger charge is 2.15. The highest BCUT2D eigenvalue weighted by molar-refractivity contribution is 6.36. The summed E-state index contributed by atoms with van der Waals surface area (Å²) in [6.45, 7) is 0. The van der Waals surface area contributed by atoms with E-state index in [0.29, 0.717) is 0 Å². The first-order valence-corrected chi connectivity index (χ1v) is 5.85. The van der Waals surface area contributed by atoms with Crippen LogP contribution in [0.4, 0.5) is 5.69 Å². The maximum Gasteiger partial charge on any atom is 0.291 e. The van der Waals surface area contributed by atoms with E-state index in [1.165, 1.54) is 24.3 Å². The molecule has 94 valence electrons. The molecule has 2 aromatic rings. The lowest BCUT2D eigenvalue weighted by Crippen LogP contribution is -2.11. The van der Waals surface area contributed by atoms with Gasteiger partial charge < -0.3 is 14.8 Å². The van der Waals surface area contributed by atoms with Gasteiger partial charge in [-0.25, -0.2) is 0 Å². The fraction of sp³-hybridized carbons (Fsp3) is 0. The second-order valence-electron chi connectivity index (χ2n) is 3.34. The number of hydrogen-bond donors (Lipinski definition) is 2. The third kappa shape index (κ3) is 2.72. The number of furan rings is 1. The molecule has 1 aromatic heterocycles. The van der Waals surface area contributed by atoms with Crippen molar-refractivity contribution in [2.75, 3.05) is 5.32 Å². The van der Waals surface area contributed by atoms with E-state index >= 15 is 0 Å². The van der Waals surface area contributed by atoms with E-state index in [2.05, 4.69) is 5.32 Å². The average Bonchev–Trinajstić information content (AvgIpc) is 2.72. The Bertz CT molecular complexity index is 610. The number of anilines is 1. The maximum atomic E-state index is 11.7. The Labute approximate surface area is 117 Å². The van der Waals surface area contributed by atoms with E-state index in [9.17, 15) is 9.90 Å². The Hall–Kier alpha value is -1.36. The number of carbonyl (C=O) groups is 1. The Morgan fingerprint density at radius 2 is 1.94 bits per heavy atom. The van der Waals surface area contributed by atoms with E-state index < -0.39 is 5.91 Å². The molecule has 4 nitrogen and oxygen atoms in total. The number of nitrogens with one attached hydrogen (secondary N) is 1. The summed E-state index contributed by atoms with van der Waals surface area (Å²) in [5.74, 6) is -0.835. The molecule has 1 heterocycles. The number of phenols is 1. The number of aromatic hydroxyl groups is 1. The summed E-state index contributed by atoms with van der Waals surface area (Å²) in [5.41, 5.74) is 0.0880. The second kappa shape index (κ2) is 5.10. The van der Waals surface area contributed by atoms with E-state index in [1.807, 2.05) is 0 Å². The smallest absolute Gasteiger partial charge is 0.291 e. The van der Waals surface area contributed by atoms with Crippen molar-refractivity contribution in [1.82, 2.24) is 0 Å². The molecule has 7 heteroatoms. The maximum absolute atomic E-state index is 11.7. The molecule has 1 aromatic carbocycles. The van der Waals surface area contributed by atoms with Crippen LogP contribution < -0.4 is 5.32 Å². The zero-order valence-corrected chi connectivity index (χ0v) is 11.0. The van der Waals surface area contributed by atoms with Gasteiger partial charge in [0.1, 0.15) is 0 Å². The van der Waals surface area contributed by atoms with Gasteiger partial charge in [-0.05, 0) is 35.9 Å². The van der Waals surface area contributed by atoms with Crippen LogP contribution >= 0.6 is 34.8 Å². The van der Waals surface area contributed by atoms with Gasteiger partial charge in [-0.15, -0.1) is 0 Å². The fourth-order valence-corrected chi connectivity index (χ4v) is 1.92. The number of amides is 1. The molecule has 0 fully saturated rings. The third-order valence-electron chi connectivity index (χ3n) is 2.07. The standard InChI is InChI=1S/C11H6Cl3NO3/c12-5-3-6(13)10(16)7(4-5)15-11(17)8-1-2-9(14)18-8/h1-4,16H,(H,15,17). The van der Waals surface area contributed by atoms with Gasteiger partial charge in [0.15, 0.2) is 16.7 Å². The van der Waals surface area contributed by atoms with Crippen LogP contribution in [0.25, 0.3) is 0 Å². The quantitative estimate of drug-likeness (QED) is 0.817. The lowest BCUT2D eigenvalue weighted by Gasteiger charge is -2.07. The molecule has 0 saturated heterocycles. The molecule has 0 aliphatic carbocycles. The summed E-state index contributed by atoms with van der Waals surface area (Å²) < 4.78 is 4.92. The fourth-order valence-electron chi connectivity index (χ4n) is 1.28. The van der Waals surface area contributed by atoms with Crippen molar-refractivity contribution in [3.05, 3.63) is 45.3 Å². The minimum Gasteiger partial charge on any atom is -0.504 e. The van der Waals surface area contributed by atoms with Crippen LogP contribution in [0.3, 0.4) is 0 Å². The number of rotatable bonds is 2. The van der Waals surface area contributed by atoms with Crippen LogP contribution in [0.15, 0.2) is 28.7 Å². The molecule has 2 N–H and O–H groups in total. The predicted octanol–water partition coefficient (Wildman–Crippen LogP) is 4.20. The van der Waals surface area contributed by atoms with E-state index in [4.69, 9.17) is 39.2 Å². The van der Waals surface area contributed by atoms with Crippen molar-refractivity contribution in [3.8, 4) is 5.75 Å². The third-order valence-corrected chi connectivity index (χ3v) is 2.78. The van der Waals surface area contributed by atoms with E-state index in [-0.39, 0.29) is 32.5 Å². The molecular formula is C11H6Cl3NO3. The first-order chi connectivity index (χ1) is 8.47. The number of phenolic OH excluding ortho intramolecular Hbond substituents is 1. The van der Waals surface area contributed by atoms with Gasteiger partial charge in [-0.2, -0.15) is 0 Å². The van der Waals surface area contributed by atoms with Crippen LogP contribution in [0.5, 0.6) is 5.75 Å². The zero-order valence-electron chi connectivity index (χ0n) is 8.71. The van der Waals surface area contributed by atoms with Crippen LogP contribution in [0.2, 0.25) is 15.3 Å². The minimum atomic E-state index is -0.574. The normalized spacial score (nSPS) is 10.4. The lowest BCUT2D eigenvalue weighted by atomic mass is 10.3. The van der Waals surface area contributed by atoms with Gasteiger partial charge >= 0.3 is 0 Å². The monoisotopic (exact) mass is 305 g/mol. The second-order valence-corrected chi connectivity index (χ2v) is 4.56. The zero-order chi connectivity index (χ0) is 13.3. The summed E-state index contributed by atoms with van der Waals surface area (Å²) in [5, 5.41) is 12.5. The van der Waals surface area contributed by atoms with Crippen molar-refractivity contribution in [2.45, 2.75) is 0 Å². The average molecular weight is 307 g/mol. The van der Waals surface area contributed by atoms with E-state index in [1.54, 1.807) is 0 Å². The Morgan fingerprint density at radius 3 is 2.56 bits per heavy atom. The summed E-state index contributed by atoms with van der Waals surface area (Å²) in [7, 11) is 0. The summed E-state index contributed by atoms with van der Waals surface area (Å²) in [6, 6.07) is 5.56. The summed E-state index contributed by atoms with van der Waals surface area (Å²) in [6.07, 6.45) is 0. The molecule has 0 aliphatic heterocycles. The SMILES string of the molecule is O=C(Nc1cc(Cl)cc(Cl)c1O)c1ccc(Cl)o1. The lowest BCUT2D eigenvalue weighted by molar-refractivity contribution is 0.0996. The van der Waals surface area contributed by atoms with Crippen LogP contribution in [0, 0.1) is 0 Å². The summed E-state index contributed by atoms with van der Waals surface area (Å²) >= 11 is 17.0. The first-order valence-electron chi connectivity index (χ1n) is 4.72. The van der Waals surface area contributed by atoms with Crippen molar-refractivity contribution in [2.24, 2.45) is 0 Å². The van der Waals surface area contributed by atoms with Crippen LogP contribution in [0.1, 0.15) is 10.6 Å². The molecule has 0 radical (unpaired) electrons. The first kappa shape index (κ1) is 13.1. The Morgan fingerprint density at radius 1 is 1.22 bits per heavy atom. The number of benzene rings is 1. The molecule has 0 spiro atoms. The van der Waals surface area contributed by atoms with Crippen LogP contribution in [-0.2, 0) is 0 Å². The minimum absolute atomic E-state index is 0.00972. The number of hydrogen-bond acceptors (Lipinski definition) is 3. The van der Waals surface area contributed by atoms with Gasteiger partial charge in [0, 0.05) is 5.02 Å². The van der Waals surface area contributed by atoms with E-state index in [0.717, 1.165) is 0 Å². The van der Waals surface area contributed by atoms with Gasteiger partial charge in [-0.3, -0.25) is 4.79 Å². The molecule has 0 saturated carbocycles. The Kier molecular flexibility index (Phi) is 3.71. The molecule has 0 aliphatic rings. The molecule has 1 amide bonds. The van der Waals surface area contributed by atoms with Crippen molar-refractivity contribution >= 4 is 46.4 Å². The van der Waals surface area contributed by atoms with Gasteiger partial charge in [0.2, 0.25) is 0 Å². The van der Waals surface area contributed by atoms with Crippen LogP contribution in [-0.4, -0.2) is 11.0 Å². The summed E-state index contributed by atoms with van der Waals surface area (Å²) in [4.78, 5) is 11.7. The largest absolute Gasteiger partial charge is 0.504 e. The highest BCUT2D eigenvalue weighted by Crippen LogP contribution is 2.35. The topological polar surface area (TPSA) is 62.5 Å². The highest BCUT2D eigenvalue weighted by atomic mass is 35.5. The molecule has 2 rings (SSSR count). The van der Waals surface area contributed by atoms with Gasteiger partial charge in [0.25, 0.3) is 5.91 Å². The molecule has 18 heavy (non-hydrogen) atoms. The van der Waals surface area contributed by atoms with Crippen molar-refractivity contribution < 1.29 is 14.3 Å². The molecule has 0 unspecified atom stereocenters. The van der Waals surface area contributed by atoms with Gasteiger partial charge in [0.05, 0.1) is 10.7 Å². The van der Waals surface area contributed by atoms with Crippen molar-refractivity contribution in [1.29, 1.82) is 0 Å². The number of carbonyl (C=O) groups excluding carboxylic acids is 1. The molecule has 0 atom stereocenters. The van der Waals surface area contributed by atoms with Gasteiger partial charge in [-0.1, -0.05) is 23.2 Å². The Balaban J connectivity index is 2.27.